The normalized spacial score (nSPS) is 19.8. The van der Waals surface area contributed by atoms with Gasteiger partial charge < -0.3 is 5.11 Å². The summed E-state index contributed by atoms with van der Waals surface area (Å²) >= 11 is 3.48. The van der Waals surface area contributed by atoms with Crippen LogP contribution in [0.2, 0.25) is 0 Å². The van der Waals surface area contributed by atoms with Crippen LogP contribution in [0.5, 0.6) is 0 Å². The number of aliphatic carboxylic acids is 1. The topological polar surface area (TPSA) is 40.5 Å². The number of halogens is 2. The van der Waals surface area contributed by atoms with E-state index in [0.29, 0.717) is 13.0 Å². The average Bonchev–Trinajstić information content (AvgIpc) is 2.56. The van der Waals surface area contributed by atoms with Crippen molar-refractivity contribution in [1.82, 2.24) is 4.90 Å². The van der Waals surface area contributed by atoms with E-state index in [1.165, 1.54) is 12.1 Å². The highest BCUT2D eigenvalue weighted by molar-refractivity contribution is 9.10. The largest absolute Gasteiger partial charge is 0.480 e. The van der Waals surface area contributed by atoms with E-state index in [-0.39, 0.29) is 11.9 Å². The lowest BCUT2D eigenvalue weighted by atomic mass is 9.91. The molecule has 2 aromatic rings. The molecular weight excluding hydrogens is 373 g/mol. The SMILES string of the molecule is O=C(O)C1CCCCN1C(c1cccc(F)c1)c1cccc(Br)c1. The minimum absolute atomic E-state index is 0.278. The number of nitrogens with zero attached hydrogens (tertiary/aromatic N) is 1. The predicted octanol–water partition coefficient (Wildman–Crippen LogP) is 4.62. The maximum absolute atomic E-state index is 13.8. The zero-order chi connectivity index (χ0) is 17.1. The summed E-state index contributed by atoms with van der Waals surface area (Å²) in [5.74, 6) is -1.12. The predicted molar refractivity (Wildman–Crippen MR) is 94.4 cm³/mol. The quantitative estimate of drug-likeness (QED) is 0.826. The third kappa shape index (κ3) is 3.68. The van der Waals surface area contributed by atoms with Gasteiger partial charge in [0.2, 0.25) is 0 Å². The van der Waals surface area contributed by atoms with Gasteiger partial charge in [-0.3, -0.25) is 9.69 Å². The van der Waals surface area contributed by atoms with Crippen molar-refractivity contribution in [2.75, 3.05) is 6.54 Å². The molecule has 2 aromatic carbocycles. The van der Waals surface area contributed by atoms with Gasteiger partial charge in [0.1, 0.15) is 11.9 Å². The molecule has 2 unspecified atom stereocenters. The van der Waals surface area contributed by atoms with Gasteiger partial charge in [0.25, 0.3) is 0 Å². The summed E-state index contributed by atoms with van der Waals surface area (Å²) in [7, 11) is 0. The van der Waals surface area contributed by atoms with Gasteiger partial charge >= 0.3 is 5.97 Å². The molecule has 3 rings (SSSR count). The second-order valence-electron chi connectivity index (χ2n) is 6.10. The molecule has 0 radical (unpaired) electrons. The highest BCUT2D eigenvalue weighted by Gasteiger charge is 2.35. The molecule has 0 bridgehead atoms. The van der Waals surface area contributed by atoms with Gasteiger partial charge in [0.05, 0.1) is 6.04 Å². The Balaban J connectivity index is 2.09. The van der Waals surface area contributed by atoms with E-state index in [9.17, 15) is 14.3 Å². The Labute approximate surface area is 149 Å². The van der Waals surface area contributed by atoms with Crippen molar-refractivity contribution < 1.29 is 14.3 Å². The van der Waals surface area contributed by atoms with Crippen LogP contribution in [0.4, 0.5) is 4.39 Å². The lowest BCUT2D eigenvalue weighted by Crippen LogP contribution is -2.46. The van der Waals surface area contributed by atoms with E-state index in [1.807, 2.05) is 35.2 Å². The lowest BCUT2D eigenvalue weighted by Gasteiger charge is -2.39. The third-order valence-electron chi connectivity index (χ3n) is 4.49. The molecule has 5 heteroatoms. The Hall–Kier alpha value is -1.72. The Bertz CT molecular complexity index is 691. The summed E-state index contributed by atoms with van der Waals surface area (Å²) in [6.07, 6.45) is 2.47. The number of hydrogen-bond donors (Lipinski definition) is 1. The Morgan fingerprint density at radius 3 is 2.54 bits per heavy atom. The first-order valence-electron chi connectivity index (χ1n) is 8.06. The van der Waals surface area contributed by atoms with Gasteiger partial charge in [-0.15, -0.1) is 0 Å². The van der Waals surface area contributed by atoms with Gasteiger partial charge in [-0.2, -0.15) is 0 Å². The lowest BCUT2D eigenvalue weighted by molar-refractivity contribution is -0.145. The summed E-state index contributed by atoms with van der Waals surface area (Å²) < 4.78 is 14.7. The number of rotatable bonds is 4. The minimum atomic E-state index is -0.814. The third-order valence-corrected chi connectivity index (χ3v) is 4.98. The number of likely N-dealkylation sites (tertiary alicyclic amines) is 1. The van der Waals surface area contributed by atoms with Gasteiger partial charge in [-0.25, -0.2) is 4.39 Å². The van der Waals surface area contributed by atoms with E-state index >= 15 is 0 Å². The van der Waals surface area contributed by atoms with Crippen molar-refractivity contribution in [3.63, 3.8) is 0 Å². The second-order valence-corrected chi connectivity index (χ2v) is 7.02. The number of piperidine rings is 1. The Morgan fingerprint density at radius 2 is 1.88 bits per heavy atom. The molecule has 126 valence electrons. The van der Waals surface area contributed by atoms with E-state index in [0.717, 1.165) is 28.4 Å². The van der Waals surface area contributed by atoms with E-state index < -0.39 is 12.0 Å². The van der Waals surface area contributed by atoms with Gasteiger partial charge in [0, 0.05) is 4.47 Å². The first-order chi connectivity index (χ1) is 11.6. The van der Waals surface area contributed by atoms with Crippen LogP contribution in [-0.4, -0.2) is 28.6 Å². The van der Waals surface area contributed by atoms with Crippen LogP contribution >= 0.6 is 15.9 Å². The smallest absolute Gasteiger partial charge is 0.320 e. The van der Waals surface area contributed by atoms with Crippen LogP contribution in [0.15, 0.2) is 53.0 Å². The molecule has 1 saturated heterocycles. The maximum Gasteiger partial charge on any atom is 0.320 e. The molecule has 3 nitrogen and oxygen atoms in total. The fraction of sp³-hybridized carbons (Fsp3) is 0.316. The van der Waals surface area contributed by atoms with Crippen molar-refractivity contribution >= 4 is 21.9 Å². The first-order valence-corrected chi connectivity index (χ1v) is 8.85. The fourth-order valence-corrected chi connectivity index (χ4v) is 3.87. The fourth-order valence-electron chi connectivity index (χ4n) is 3.46. The standard InChI is InChI=1S/C19H19BrFNO2/c20-15-7-3-5-13(11-15)18(14-6-4-8-16(21)12-14)22-10-2-1-9-17(22)19(23)24/h3-8,11-12,17-18H,1-2,9-10H2,(H,23,24). The molecule has 0 amide bonds. The number of carbonyl (C=O) groups is 1. The number of benzene rings is 2. The molecule has 0 aliphatic carbocycles. The van der Waals surface area contributed by atoms with Crippen molar-refractivity contribution in [2.45, 2.75) is 31.3 Å². The summed E-state index contributed by atoms with van der Waals surface area (Å²) in [5, 5.41) is 9.64. The van der Waals surface area contributed by atoms with Crippen LogP contribution in [0, 0.1) is 5.82 Å². The number of carboxylic acid groups (broad SMARTS) is 1. The van der Waals surface area contributed by atoms with Crippen LogP contribution in [0.3, 0.4) is 0 Å². The number of hydrogen-bond acceptors (Lipinski definition) is 2. The maximum atomic E-state index is 13.8. The average molecular weight is 392 g/mol. The van der Waals surface area contributed by atoms with Crippen LogP contribution < -0.4 is 0 Å². The van der Waals surface area contributed by atoms with E-state index in [2.05, 4.69) is 15.9 Å². The highest BCUT2D eigenvalue weighted by atomic mass is 79.9. The molecule has 0 spiro atoms. The van der Waals surface area contributed by atoms with Gasteiger partial charge in [-0.05, 0) is 54.8 Å². The second kappa shape index (κ2) is 7.45. The molecule has 2 atom stereocenters. The van der Waals surface area contributed by atoms with Crippen LogP contribution in [-0.2, 0) is 4.79 Å². The Morgan fingerprint density at radius 1 is 1.17 bits per heavy atom. The molecule has 0 saturated carbocycles. The summed E-state index contributed by atoms with van der Waals surface area (Å²) in [5.41, 5.74) is 1.74. The summed E-state index contributed by atoms with van der Waals surface area (Å²) in [4.78, 5) is 13.7. The van der Waals surface area contributed by atoms with Crippen LogP contribution in [0.1, 0.15) is 36.4 Å². The molecule has 1 aliphatic heterocycles. The molecular formula is C19H19BrFNO2. The zero-order valence-corrected chi connectivity index (χ0v) is 14.7. The molecule has 1 fully saturated rings. The highest BCUT2D eigenvalue weighted by Crippen LogP contribution is 2.35. The van der Waals surface area contributed by atoms with Crippen molar-refractivity contribution in [1.29, 1.82) is 0 Å². The summed E-state index contributed by atoms with van der Waals surface area (Å²) in [6.45, 7) is 0.685. The van der Waals surface area contributed by atoms with Crippen LogP contribution in [0.25, 0.3) is 0 Å². The van der Waals surface area contributed by atoms with Gasteiger partial charge in [0.15, 0.2) is 0 Å². The molecule has 24 heavy (non-hydrogen) atoms. The van der Waals surface area contributed by atoms with Crippen molar-refractivity contribution in [2.24, 2.45) is 0 Å². The molecule has 1 N–H and O–H groups in total. The molecule has 1 heterocycles. The molecule has 1 aliphatic rings. The van der Waals surface area contributed by atoms with E-state index in [1.54, 1.807) is 6.07 Å². The zero-order valence-electron chi connectivity index (χ0n) is 13.2. The van der Waals surface area contributed by atoms with Crippen molar-refractivity contribution in [3.05, 3.63) is 69.9 Å². The monoisotopic (exact) mass is 391 g/mol. The summed E-state index contributed by atoms with van der Waals surface area (Å²) in [6, 6.07) is 13.4. The first kappa shape index (κ1) is 17.1. The Kier molecular flexibility index (Phi) is 5.31. The van der Waals surface area contributed by atoms with Crippen molar-refractivity contribution in [3.8, 4) is 0 Å². The van der Waals surface area contributed by atoms with Gasteiger partial charge in [-0.1, -0.05) is 46.6 Å². The number of carboxylic acids is 1. The minimum Gasteiger partial charge on any atom is -0.480 e. The van der Waals surface area contributed by atoms with E-state index in [4.69, 9.17) is 0 Å². The molecule has 0 aromatic heterocycles.